The van der Waals surface area contributed by atoms with Gasteiger partial charge < -0.3 is 5.32 Å². The predicted molar refractivity (Wildman–Crippen MR) is 118 cm³/mol. The van der Waals surface area contributed by atoms with Gasteiger partial charge >= 0.3 is 0 Å². The van der Waals surface area contributed by atoms with Crippen LogP contribution in [0.25, 0.3) is 5.69 Å². The number of aliphatic imine (C=N–C) groups is 1. The maximum absolute atomic E-state index is 5.10. The van der Waals surface area contributed by atoms with Crippen LogP contribution in [0.3, 0.4) is 0 Å². The fourth-order valence-electron chi connectivity index (χ4n) is 3.83. The minimum absolute atomic E-state index is 0.106. The number of hydrogen-bond donors (Lipinski definition) is 1. The Labute approximate surface area is 170 Å². The van der Waals surface area contributed by atoms with Crippen LogP contribution < -0.4 is 5.32 Å². The van der Waals surface area contributed by atoms with Crippen molar-refractivity contribution >= 4 is 17.2 Å². The number of aromatic nitrogens is 2. The van der Waals surface area contributed by atoms with Crippen LogP contribution in [0.2, 0.25) is 0 Å². The maximum atomic E-state index is 5.10. The van der Waals surface area contributed by atoms with Crippen LogP contribution in [-0.4, -0.2) is 15.5 Å². The molecule has 4 aromatic rings. The van der Waals surface area contributed by atoms with Crippen LogP contribution in [0, 0.1) is 6.92 Å². The van der Waals surface area contributed by atoms with Gasteiger partial charge in [-0.25, -0.2) is 9.67 Å². The molecule has 1 N–H and O–H groups in total. The van der Waals surface area contributed by atoms with Crippen molar-refractivity contribution in [3.8, 4) is 5.69 Å². The van der Waals surface area contributed by atoms with Crippen molar-refractivity contribution in [1.82, 2.24) is 9.78 Å². The topological polar surface area (TPSA) is 42.2 Å². The second-order valence-electron chi connectivity index (χ2n) is 7.27. The Morgan fingerprint density at radius 3 is 2.14 bits per heavy atom. The van der Waals surface area contributed by atoms with E-state index < -0.39 is 0 Å². The van der Waals surface area contributed by atoms with Gasteiger partial charge in [-0.2, -0.15) is 5.10 Å². The number of aryl methyl sites for hydroxylation is 1. The molecule has 142 valence electrons. The molecule has 1 atom stereocenters. The number of benzene rings is 3. The highest BCUT2D eigenvalue weighted by Gasteiger charge is 2.26. The van der Waals surface area contributed by atoms with Gasteiger partial charge in [-0.05, 0) is 30.2 Å². The van der Waals surface area contributed by atoms with Gasteiger partial charge in [-0.1, -0.05) is 78.9 Å². The summed E-state index contributed by atoms with van der Waals surface area (Å²) in [6.45, 7) is 2.02. The lowest BCUT2D eigenvalue weighted by Crippen LogP contribution is -2.16. The molecule has 3 aromatic carbocycles. The van der Waals surface area contributed by atoms with E-state index >= 15 is 0 Å². The highest BCUT2D eigenvalue weighted by molar-refractivity contribution is 6.04. The van der Waals surface area contributed by atoms with Crippen LogP contribution in [0.15, 0.2) is 96.0 Å². The van der Waals surface area contributed by atoms with Crippen molar-refractivity contribution in [3.63, 3.8) is 0 Å². The molecule has 0 saturated carbocycles. The van der Waals surface area contributed by atoms with Crippen LogP contribution in [-0.2, 0) is 0 Å². The summed E-state index contributed by atoms with van der Waals surface area (Å²) in [7, 11) is 0. The molecule has 0 radical (unpaired) electrons. The van der Waals surface area contributed by atoms with E-state index in [1.165, 1.54) is 5.56 Å². The Balaban J connectivity index is 1.69. The molecular weight excluding hydrogens is 356 g/mol. The number of fused-ring (bicyclic) bond motifs is 1. The van der Waals surface area contributed by atoms with Crippen molar-refractivity contribution in [2.75, 3.05) is 5.32 Å². The van der Waals surface area contributed by atoms with Gasteiger partial charge in [0.2, 0.25) is 0 Å². The third kappa shape index (κ3) is 3.34. The minimum Gasteiger partial charge on any atom is -0.361 e. The summed E-state index contributed by atoms with van der Waals surface area (Å²) in [6, 6.07) is 31.3. The Kier molecular flexibility index (Phi) is 4.45. The number of anilines is 1. The second-order valence-corrected chi connectivity index (χ2v) is 7.27. The molecule has 4 nitrogen and oxygen atoms in total. The number of para-hydroxylation sites is 1. The third-order valence-electron chi connectivity index (χ3n) is 5.29. The first-order valence-corrected chi connectivity index (χ1v) is 9.89. The molecule has 0 bridgehead atoms. The first-order valence-electron chi connectivity index (χ1n) is 9.89. The number of nitrogens with zero attached hydrogens (tertiary/aromatic N) is 3. The van der Waals surface area contributed by atoms with Crippen molar-refractivity contribution in [2.45, 2.75) is 19.4 Å². The molecule has 0 spiro atoms. The number of nitrogens with one attached hydrogen (secondary N) is 1. The van der Waals surface area contributed by atoms with Crippen LogP contribution in [0.1, 0.15) is 29.3 Å². The van der Waals surface area contributed by atoms with Gasteiger partial charge in [-0.3, -0.25) is 0 Å². The van der Waals surface area contributed by atoms with Gasteiger partial charge in [-0.15, -0.1) is 0 Å². The van der Waals surface area contributed by atoms with E-state index in [0.29, 0.717) is 0 Å². The molecule has 0 saturated heterocycles. The van der Waals surface area contributed by atoms with E-state index in [9.17, 15) is 0 Å². The second kappa shape index (κ2) is 7.40. The van der Waals surface area contributed by atoms with Gasteiger partial charge in [0.25, 0.3) is 0 Å². The molecule has 2 heterocycles. The highest BCUT2D eigenvalue weighted by Crippen LogP contribution is 2.39. The molecule has 0 unspecified atom stereocenters. The molecular formula is C25H22N4. The molecule has 29 heavy (non-hydrogen) atoms. The van der Waals surface area contributed by atoms with Crippen molar-refractivity contribution in [2.24, 2.45) is 4.99 Å². The quantitative estimate of drug-likeness (QED) is 0.485. The summed E-state index contributed by atoms with van der Waals surface area (Å²) in [5, 5.41) is 8.56. The minimum atomic E-state index is 0.106. The predicted octanol–water partition coefficient (Wildman–Crippen LogP) is 5.86. The van der Waals surface area contributed by atoms with Gasteiger partial charge in [0.1, 0.15) is 5.69 Å². The zero-order chi connectivity index (χ0) is 19.6. The maximum Gasteiger partial charge on any atom is 0.156 e. The standard InChI is InChI=1S/C25H22N4/c1-18-24-25(29(28-18)21-15-9-4-10-16-21)27-23(20-13-7-3-8-14-20)17-22(26-24)19-11-5-2-6-12-19/h2-16,23,27H,17H2,1H3/t23-/m1/s1. The van der Waals surface area contributed by atoms with Gasteiger partial charge in [0.05, 0.1) is 23.1 Å². The molecule has 4 heteroatoms. The average Bonchev–Trinajstić information content (AvgIpc) is 2.97. The third-order valence-corrected chi connectivity index (χ3v) is 5.29. The SMILES string of the molecule is Cc1nn(-c2ccccc2)c2c1N=C(c1ccccc1)C[C@H](c1ccccc1)N2. The van der Waals surface area contributed by atoms with Crippen LogP contribution >= 0.6 is 0 Å². The van der Waals surface area contributed by atoms with Crippen LogP contribution in [0.5, 0.6) is 0 Å². The molecule has 1 aliphatic heterocycles. The van der Waals surface area contributed by atoms with E-state index in [2.05, 4.69) is 72.0 Å². The first kappa shape index (κ1) is 17.4. The molecule has 0 aliphatic carbocycles. The summed E-state index contributed by atoms with van der Waals surface area (Å²) in [4.78, 5) is 5.10. The summed E-state index contributed by atoms with van der Waals surface area (Å²) >= 11 is 0. The van der Waals surface area contributed by atoms with E-state index in [1.54, 1.807) is 0 Å². The summed E-state index contributed by atoms with van der Waals surface area (Å²) in [5.41, 5.74) is 6.30. The Bertz CT molecular complexity index is 1150. The van der Waals surface area contributed by atoms with Crippen LogP contribution in [0.4, 0.5) is 11.5 Å². The van der Waals surface area contributed by atoms with Crippen molar-refractivity contribution < 1.29 is 0 Å². The Morgan fingerprint density at radius 2 is 1.45 bits per heavy atom. The van der Waals surface area contributed by atoms with E-state index in [0.717, 1.165) is 40.6 Å². The first-order chi connectivity index (χ1) is 14.3. The fourth-order valence-corrected chi connectivity index (χ4v) is 3.83. The van der Waals surface area contributed by atoms with Crippen molar-refractivity contribution in [3.05, 3.63) is 108 Å². The van der Waals surface area contributed by atoms with Gasteiger partial charge in [0, 0.05) is 6.42 Å². The number of rotatable bonds is 3. The Morgan fingerprint density at radius 1 is 0.828 bits per heavy atom. The molecule has 0 fully saturated rings. The Hall–Kier alpha value is -3.66. The highest BCUT2D eigenvalue weighted by atomic mass is 15.4. The van der Waals surface area contributed by atoms with E-state index in [4.69, 9.17) is 10.1 Å². The van der Waals surface area contributed by atoms with Gasteiger partial charge in [0.15, 0.2) is 5.82 Å². The molecule has 0 amide bonds. The summed E-state index contributed by atoms with van der Waals surface area (Å²) < 4.78 is 1.97. The molecule has 5 rings (SSSR count). The lowest BCUT2D eigenvalue weighted by Gasteiger charge is -2.20. The largest absolute Gasteiger partial charge is 0.361 e. The summed E-state index contributed by atoms with van der Waals surface area (Å²) in [6.07, 6.45) is 0.803. The molecule has 1 aliphatic rings. The normalized spacial score (nSPS) is 15.8. The van der Waals surface area contributed by atoms with E-state index in [-0.39, 0.29) is 6.04 Å². The zero-order valence-electron chi connectivity index (χ0n) is 16.3. The average molecular weight is 378 g/mol. The molecule has 1 aromatic heterocycles. The van der Waals surface area contributed by atoms with E-state index in [1.807, 2.05) is 35.9 Å². The lowest BCUT2D eigenvalue weighted by atomic mass is 9.97. The summed E-state index contributed by atoms with van der Waals surface area (Å²) in [5.74, 6) is 0.938. The smallest absolute Gasteiger partial charge is 0.156 e. The monoisotopic (exact) mass is 378 g/mol. The zero-order valence-corrected chi connectivity index (χ0v) is 16.3. The lowest BCUT2D eigenvalue weighted by molar-refractivity contribution is 0.789. The van der Waals surface area contributed by atoms with Crippen molar-refractivity contribution in [1.29, 1.82) is 0 Å². The number of hydrogen-bond acceptors (Lipinski definition) is 3. The fraction of sp³-hybridized carbons (Fsp3) is 0.120.